The molecule has 0 bridgehead atoms. The second-order valence-electron chi connectivity index (χ2n) is 7.77. The highest BCUT2D eigenvalue weighted by atomic mass is 16.5. The fourth-order valence-electron chi connectivity index (χ4n) is 4.02. The van der Waals surface area contributed by atoms with Crippen molar-refractivity contribution in [1.29, 1.82) is 0 Å². The zero-order valence-electron chi connectivity index (χ0n) is 16.6. The summed E-state index contributed by atoms with van der Waals surface area (Å²) >= 11 is 0. The van der Waals surface area contributed by atoms with Crippen LogP contribution in [0.1, 0.15) is 50.8 Å². The first kappa shape index (κ1) is 19.4. The van der Waals surface area contributed by atoms with Gasteiger partial charge in [-0.3, -0.25) is 4.79 Å². The molecule has 2 atom stereocenters. The second kappa shape index (κ2) is 8.13. The fraction of sp³-hybridized carbons (Fsp3) is 0.435. The Morgan fingerprint density at radius 2 is 1.74 bits per heavy atom. The Morgan fingerprint density at radius 3 is 2.30 bits per heavy atom. The number of rotatable bonds is 5. The summed E-state index contributed by atoms with van der Waals surface area (Å²) in [4.78, 5) is 14.9. The van der Waals surface area contributed by atoms with Gasteiger partial charge in [-0.05, 0) is 49.9 Å². The minimum absolute atomic E-state index is 0.0855. The minimum Gasteiger partial charge on any atom is -0.497 e. The third kappa shape index (κ3) is 4.51. The molecule has 1 heterocycles. The molecule has 3 rings (SSSR count). The normalized spacial score (nSPS) is 19.9. The van der Waals surface area contributed by atoms with E-state index in [1.165, 1.54) is 0 Å². The summed E-state index contributed by atoms with van der Waals surface area (Å²) in [7, 11) is 1.66. The molecule has 0 aromatic heterocycles. The molecule has 0 radical (unpaired) electrons. The molecule has 2 aromatic carbocycles. The Balaban J connectivity index is 2.04. The number of hydrogen-bond acceptors (Lipinski definition) is 3. The highest BCUT2D eigenvalue weighted by Crippen LogP contribution is 2.36. The molecule has 0 N–H and O–H groups in total. The fourth-order valence-corrected chi connectivity index (χ4v) is 4.02. The summed E-state index contributed by atoms with van der Waals surface area (Å²) in [6, 6.07) is 18.3. The predicted molar refractivity (Wildman–Crippen MR) is 107 cm³/mol. The van der Waals surface area contributed by atoms with Gasteiger partial charge in [-0.1, -0.05) is 42.5 Å². The first-order chi connectivity index (χ1) is 12.9. The van der Waals surface area contributed by atoms with Gasteiger partial charge in [-0.2, -0.15) is 0 Å². The summed E-state index contributed by atoms with van der Waals surface area (Å²) in [6.07, 6.45) is 1.68. The van der Waals surface area contributed by atoms with Crippen molar-refractivity contribution in [2.45, 2.75) is 51.3 Å². The number of carbonyl (C=O) groups is 1. The molecule has 1 aliphatic rings. The minimum atomic E-state index is -0.224. The van der Waals surface area contributed by atoms with Crippen LogP contribution in [0.3, 0.4) is 0 Å². The lowest BCUT2D eigenvalue weighted by atomic mass is 9.89. The van der Waals surface area contributed by atoms with Gasteiger partial charge in [0, 0.05) is 19.6 Å². The number of nitrogens with zero attached hydrogens (tertiary/aromatic N) is 1. The maximum atomic E-state index is 12.8. The van der Waals surface area contributed by atoms with Gasteiger partial charge >= 0.3 is 0 Å². The number of benzene rings is 2. The number of amides is 1. The Hall–Kier alpha value is -2.33. The van der Waals surface area contributed by atoms with E-state index in [2.05, 4.69) is 38.1 Å². The van der Waals surface area contributed by atoms with E-state index in [0.29, 0.717) is 6.61 Å². The summed E-state index contributed by atoms with van der Waals surface area (Å²) in [5.74, 6) is 0.898. The van der Waals surface area contributed by atoms with E-state index in [0.717, 1.165) is 29.7 Å². The van der Waals surface area contributed by atoms with Gasteiger partial charge in [-0.15, -0.1) is 0 Å². The molecule has 144 valence electrons. The van der Waals surface area contributed by atoms with E-state index in [1.54, 1.807) is 14.0 Å². The van der Waals surface area contributed by atoms with Crippen molar-refractivity contribution in [3.05, 3.63) is 65.7 Å². The van der Waals surface area contributed by atoms with Crippen LogP contribution in [-0.4, -0.2) is 36.2 Å². The largest absolute Gasteiger partial charge is 0.497 e. The van der Waals surface area contributed by atoms with Crippen LogP contribution in [0.4, 0.5) is 0 Å². The molecular weight excluding hydrogens is 338 g/mol. The van der Waals surface area contributed by atoms with Crippen molar-refractivity contribution in [2.24, 2.45) is 0 Å². The average Bonchev–Trinajstić information content (AvgIpc) is 2.65. The van der Waals surface area contributed by atoms with Crippen molar-refractivity contribution in [3.8, 4) is 5.75 Å². The van der Waals surface area contributed by atoms with Crippen LogP contribution in [-0.2, 0) is 9.53 Å². The highest BCUT2D eigenvalue weighted by Gasteiger charge is 2.37. The van der Waals surface area contributed by atoms with Gasteiger partial charge in [0.05, 0.1) is 18.8 Å². The van der Waals surface area contributed by atoms with Crippen LogP contribution in [0.2, 0.25) is 0 Å². The first-order valence-corrected chi connectivity index (χ1v) is 9.53. The molecule has 4 heteroatoms. The van der Waals surface area contributed by atoms with Gasteiger partial charge in [0.25, 0.3) is 0 Å². The van der Waals surface area contributed by atoms with E-state index >= 15 is 0 Å². The molecule has 1 aliphatic heterocycles. The zero-order chi connectivity index (χ0) is 19.4. The number of carbonyl (C=O) groups excluding carboxylic acids is 1. The van der Waals surface area contributed by atoms with Crippen LogP contribution in [0.15, 0.2) is 54.6 Å². The van der Waals surface area contributed by atoms with Crippen molar-refractivity contribution in [2.75, 3.05) is 13.7 Å². The summed E-state index contributed by atoms with van der Waals surface area (Å²) in [5, 5.41) is 0. The molecule has 0 spiro atoms. The van der Waals surface area contributed by atoms with Gasteiger partial charge < -0.3 is 14.4 Å². The maximum absolute atomic E-state index is 12.8. The summed E-state index contributed by atoms with van der Waals surface area (Å²) in [6.45, 7) is 6.54. The van der Waals surface area contributed by atoms with E-state index < -0.39 is 0 Å². The summed E-state index contributed by atoms with van der Waals surface area (Å²) < 4.78 is 11.2. The third-order valence-electron chi connectivity index (χ3n) is 5.25. The molecule has 0 aliphatic carbocycles. The van der Waals surface area contributed by atoms with Gasteiger partial charge in [0.1, 0.15) is 5.75 Å². The van der Waals surface area contributed by atoms with Crippen molar-refractivity contribution >= 4 is 5.91 Å². The van der Waals surface area contributed by atoms with Crippen molar-refractivity contribution < 1.29 is 14.3 Å². The molecule has 0 unspecified atom stereocenters. The van der Waals surface area contributed by atoms with E-state index in [1.807, 2.05) is 35.2 Å². The van der Waals surface area contributed by atoms with Crippen LogP contribution < -0.4 is 4.74 Å². The van der Waals surface area contributed by atoms with Crippen LogP contribution in [0.5, 0.6) is 5.75 Å². The summed E-state index contributed by atoms with van der Waals surface area (Å²) in [5.41, 5.74) is 1.97. The Morgan fingerprint density at radius 1 is 1.11 bits per heavy atom. The van der Waals surface area contributed by atoms with Gasteiger partial charge in [0.15, 0.2) is 0 Å². The van der Waals surface area contributed by atoms with Gasteiger partial charge in [-0.25, -0.2) is 0 Å². The predicted octanol–water partition coefficient (Wildman–Crippen LogP) is 4.59. The number of methoxy groups -OCH3 is 1. The topological polar surface area (TPSA) is 38.8 Å². The Labute approximate surface area is 162 Å². The quantitative estimate of drug-likeness (QED) is 0.776. The molecule has 1 saturated heterocycles. The number of hydrogen-bond donors (Lipinski definition) is 0. The molecule has 1 fully saturated rings. The van der Waals surface area contributed by atoms with Crippen molar-refractivity contribution in [3.63, 3.8) is 0 Å². The lowest BCUT2D eigenvalue weighted by molar-refractivity contribution is -0.140. The van der Waals surface area contributed by atoms with E-state index in [4.69, 9.17) is 9.47 Å². The zero-order valence-corrected chi connectivity index (χ0v) is 16.6. The van der Waals surface area contributed by atoms with Crippen LogP contribution in [0.25, 0.3) is 0 Å². The highest BCUT2D eigenvalue weighted by molar-refractivity contribution is 5.75. The lowest BCUT2D eigenvalue weighted by Crippen LogP contribution is -2.49. The van der Waals surface area contributed by atoms with Crippen molar-refractivity contribution in [1.82, 2.24) is 4.90 Å². The number of ether oxygens (including phenoxy) is 2. The second-order valence-corrected chi connectivity index (χ2v) is 7.77. The third-order valence-corrected chi connectivity index (χ3v) is 5.25. The maximum Gasteiger partial charge on any atom is 0.220 e. The average molecular weight is 367 g/mol. The standard InChI is InChI=1S/C23H29NO3/c1-17(25)24(20-14-15-27-23(2,3)16-20)22(18-8-6-5-7-9-18)19-10-12-21(26-4)13-11-19/h5-13,20,22H,14-16H2,1-4H3/t20-,22+/m0/s1. The van der Waals surface area contributed by atoms with E-state index in [9.17, 15) is 4.79 Å². The molecule has 1 amide bonds. The molecule has 27 heavy (non-hydrogen) atoms. The SMILES string of the molecule is COc1ccc([C@@H](c2ccccc2)N(C(C)=O)[C@H]2CCOC(C)(C)C2)cc1. The molecular formula is C23H29NO3. The monoisotopic (exact) mass is 367 g/mol. The van der Waals surface area contributed by atoms with Crippen LogP contribution >= 0.6 is 0 Å². The molecule has 4 nitrogen and oxygen atoms in total. The molecule has 2 aromatic rings. The van der Waals surface area contributed by atoms with Crippen LogP contribution in [0, 0.1) is 0 Å². The Kier molecular flexibility index (Phi) is 5.85. The van der Waals surface area contributed by atoms with E-state index in [-0.39, 0.29) is 23.6 Å². The smallest absolute Gasteiger partial charge is 0.220 e. The van der Waals surface area contributed by atoms with Gasteiger partial charge in [0.2, 0.25) is 5.91 Å². The lowest BCUT2D eigenvalue weighted by Gasteiger charge is -2.44. The first-order valence-electron chi connectivity index (χ1n) is 9.53. The molecule has 0 saturated carbocycles. The Bertz CT molecular complexity index is 755.